The molecule has 0 radical (unpaired) electrons. The SMILES string of the molecule is CC(C)CC1C(=O)N2CC(O)CC2C2(O)OC(NC(=O)C3C=C4c5cccc6[nH]c(Br)c(c56)CC4N(C)C3)(C(C)C)C(=O)N12. The van der Waals surface area contributed by atoms with E-state index < -0.39 is 53.5 Å². The van der Waals surface area contributed by atoms with Gasteiger partial charge in [-0.2, -0.15) is 0 Å². The van der Waals surface area contributed by atoms with Crippen LogP contribution >= 0.6 is 15.9 Å². The predicted molar refractivity (Wildman–Crippen MR) is 166 cm³/mol. The molecule has 236 valence electrons. The Bertz CT molecular complexity index is 1600. The fourth-order valence-electron chi connectivity index (χ4n) is 8.14. The van der Waals surface area contributed by atoms with Crippen molar-refractivity contribution in [3.8, 4) is 0 Å². The highest BCUT2D eigenvalue weighted by Gasteiger charge is 2.72. The molecule has 1 aromatic carbocycles. The summed E-state index contributed by atoms with van der Waals surface area (Å²) in [6, 6.07) is 4.29. The van der Waals surface area contributed by atoms with Gasteiger partial charge in [-0.15, -0.1) is 0 Å². The summed E-state index contributed by atoms with van der Waals surface area (Å²) in [6.07, 6.45) is 2.32. The highest BCUT2D eigenvalue weighted by Crippen LogP contribution is 2.49. The summed E-state index contributed by atoms with van der Waals surface area (Å²) in [5.41, 5.74) is 2.49. The first-order valence-electron chi connectivity index (χ1n) is 15.5. The van der Waals surface area contributed by atoms with Crippen molar-refractivity contribution in [3.05, 3.63) is 40.0 Å². The summed E-state index contributed by atoms with van der Waals surface area (Å²) in [4.78, 5) is 50.5. The van der Waals surface area contributed by atoms with E-state index in [4.69, 9.17) is 4.74 Å². The van der Waals surface area contributed by atoms with Crippen molar-refractivity contribution in [3.63, 3.8) is 0 Å². The lowest BCUT2D eigenvalue weighted by Crippen LogP contribution is -2.71. The number of hydrogen-bond donors (Lipinski definition) is 4. The third kappa shape index (κ3) is 4.10. The van der Waals surface area contributed by atoms with E-state index in [-0.39, 0.29) is 30.8 Å². The van der Waals surface area contributed by atoms with Gasteiger partial charge in [-0.25, -0.2) is 0 Å². The number of fused-ring (bicyclic) bond motifs is 5. The average molecular weight is 671 g/mol. The molecule has 12 heteroatoms. The van der Waals surface area contributed by atoms with Gasteiger partial charge in [0.25, 0.3) is 11.8 Å². The van der Waals surface area contributed by atoms with Crippen LogP contribution in [0, 0.1) is 17.8 Å². The Morgan fingerprint density at radius 3 is 2.68 bits per heavy atom. The molecule has 3 saturated heterocycles. The molecule has 7 atom stereocenters. The van der Waals surface area contributed by atoms with Crippen LogP contribution in [0.1, 0.15) is 51.7 Å². The van der Waals surface area contributed by atoms with Crippen LogP contribution in [0.3, 0.4) is 0 Å². The number of nitrogens with zero attached hydrogens (tertiary/aromatic N) is 3. The number of rotatable bonds is 5. The molecule has 11 nitrogen and oxygen atoms in total. The van der Waals surface area contributed by atoms with Crippen LogP contribution in [0.4, 0.5) is 0 Å². The first kappa shape index (κ1) is 29.9. The number of likely N-dealkylation sites (N-methyl/N-ethyl adjacent to an activating group) is 1. The zero-order valence-electron chi connectivity index (χ0n) is 25.6. The molecule has 1 aromatic heterocycles. The minimum Gasteiger partial charge on any atom is -0.391 e. The molecule has 0 saturated carbocycles. The lowest BCUT2D eigenvalue weighted by molar-refractivity contribution is -0.322. The Morgan fingerprint density at radius 2 is 1.98 bits per heavy atom. The minimum atomic E-state index is -2.19. The number of benzene rings is 1. The second-order valence-corrected chi connectivity index (χ2v) is 14.7. The normalized spacial score (nSPS) is 35.0. The van der Waals surface area contributed by atoms with Crippen LogP contribution in [0.15, 0.2) is 28.9 Å². The number of aromatic amines is 1. The van der Waals surface area contributed by atoms with Crippen LogP contribution in [0.5, 0.6) is 0 Å². The summed E-state index contributed by atoms with van der Waals surface area (Å²) in [7, 11) is 2.00. The van der Waals surface area contributed by atoms with Crippen LogP contribution < -0.4 is 5.32 Å². The van der Waals surface area contributed by atoms with Crippen molar-refractivity contribution < 1.29 is 29.3 Å². The van der Waals surface area contributed by atoms with Gasteiger partial charge in [0, 0.05) is 42.4 Å². The molecule has 5 aliphatic rings. The third-order valence-corrected chi connectivity index (χ3v) is 11.0. The summed E-state index contributed by atoms with van der Waals surface area (Å²) in [6.45, 7) is 7.89. The van der Waals surface area contributed by atoms with E-state index in [2.05, 4.69) is 37.2 Å². The largest absolute Gasteiger partial charge is 0.391 e. The zero-order chi connectivity index (χ0) is 31.5. The molecule has 2 aromatic rings. The number of aliphatic hydroxyl groups excluding tert-OH is 1. The van der Waals surface area contributed by atoms with Gasteiger partial charge in [-0.05, 0) is 64.5 Å². The van der Waals surface area contributed by atoms with E-state index in [0.717, 1.165) is 38.0 Å². The molecule has 3 amide bonds. The molecular weight excluding hydrogens is 630 g/mol. The maximum atomic E-state index is 14.5. The van der Waals surface area contributed by atoms with Gasteiger partial charge >= 0.3 is 0 Å². The van der Waals surface area contributed by atoms with Crippen LogP contribution in [0.2, 0.25) is 0 Å². The molecule has 7 unspecified atom stereocenters. The zero-order valence-corrected chi connectivity index (χ0v) is 27.2. The van der Waals surface area contributed by atoms with Crippen molar-refractivity contribution in [2.45, 2.75) is 82.8 Å². The molecule has 3 fully saturated rings. The van der Waals surface area contributed by atoms with Gasteiger partial charge in [0.2, 0.25) is 17.5 Å². The number of amides is 3. The van der Waals surface area contributed by atoms with Crippen molar-refractivity contribution in [2.75, 3.05) is 20.1 Å². The standard InChI is InChI=1S/C32H40BrN5O6/c1-15(2)9-24-29(41)37-14-18(39)11-25(37)32(43)38(24)30(42)31(44-32,16(3)4)35-28(40)17-10-20-19-7-6-8-22-26(19)21(27(33)34-22)12-23(20)36(5)13-17/h6-8,10,15-18,23-25,34,39,43H,9,11-14H2,1-5H3,(H,35,40). The van der Waals surface area contributed by atoms with Gasteiger partial charge in [-0.3, -0.25) is 28.9 Å². The molecule has 4 aliphatic heterocycles. The van der Waals surface area contributed by atoms with Crippen LogP contribution in [-0.2, 0) is 25.5 Å². The van der Waals surface area contributed by atoms with Gasteiger partial charge in [0.15, 0.2) is 0 Å². The first-order chi connectivity index (χ1) is 20.8. The second-order valence-electron chi connectivity index (χ2n) is 13.9. The Hall–Kier alpha value is -2.77. The number of carbonyl (C=O) groups excluding carboxylic acids is 3. The summed E-state index contributed by atoms with van der Waals surface area (Å²) < 4.78 is 7.35. The highest BCUT2D eigenvalue weighted by molar-refractivity contribution is 9.10. The number of hydrogen-bond acceptors (Lipinski definition) is 7. The smallest absolute Gasteiger partial charge is 0.281 e. The number of aromatic nitrogens is 1. The van der Waals surface area contributed by atoms with Gasteiger partial charge in [0.05, 0.1) is 16.6 Å². The highest BCUT2D eigenvalue weighted by atomic mass is 79.9. The van der Waals surface area contributed by atoms with Crippen molar-refractivity contribution >= 4 is 50.1 Å². The quantitative estimate of drug-likeness (QED) is 0.383. The van der Waals surface area contributed by atoms with Gasteiger partial charge in [0.1, 0.15) is 12.1 Å². The second kappa shape index (κ2) is 10.1. The van der Waals surface area contributed by atoms with E-state index in [1.165, 1.54) is 10.5 Å². The van der Waals surface area contributed by atoms with E-state index in [9.17, 15) is 24.6 Å². The molecule has 0 spiro atoms. The topological polar surface area (TPSA) is 138 Å². The Balaban J connectivity index is 1.25. The van der Waals surface area contributed by atoms with E-state index in [1.807, 2.05) is 39.1 Å². The van der Waals surface area contributed by atoms with Crippen molar-refractivity contribution in [2.24, 2.45) is 17.8 Å². The summed E-state index contributed by atoms with van der Waals surface area (Å²) >= 11 is 3.69. The molecule has 7 rings (SSSR count). The maximum absolute atomic E-state index is 14.5. The van der Waals surface area contributed by atoms with Crippen LogP contribution in [0.25, 0.3) is 16.5 Å². The number of carbonyl (C=O) groups is 3. The Labute approximate surface area is 264 Å². The Morgan fingerprint density at radius 1 is 1.23 bits per heavy atom. The number of ether oxygens (including phenoxy) is 1. The van der Waals surface area contributed by atoms with E-state index in [0.29, 0.717) is 13.0 Å². The molecule has 4 N–H and O–H groups in total. The van der Waals surface area contributed by atoms with Crippen LogP contribution in [-0.4, -0.2) is 104 Å². The number of H-pyrrole nitrogens is 1. The lowest BCUT2D eigenvalue weighted by Gasteiger charge is -2.49. The predicted octanol–water partition coefficient (Wildman–Crippen LogP) is 2.16. The molecular formula is C32H40BrN5O6. The fraction of sp³-hybridized carbons (Fsp3) is 0.594. The molecule has 1 aliphatic carbocycles. The van der Waals surface area contributed by atoms with Crippen molar-refractivity contribution in [1.29, 1.82) is 0 Å². The lowest BCUT2D eigenvalue weighted by atomic mass is 9.79. The van der Waals surface area contributed by atoms with Gasteiger partial charge < -0.3 is 25.4 Å². The molecule has 5 heterocycles. The molecule has 44 heavy (non-hydrogen) atoms. The third-order valence-electron chi connectivity index (χ3n) is 10.3. The summed E-state index contributed by atoms with van der Waals surface area (Å²) in [5, 5.41) is 26.7. The number of aliphatic hydroxyl groups is 2. The first-order valence-corrected chi connectivity index (χ1v) is 16.3. The average Bonchev–Trinajstić information content (AvgIpc) is 3.58. The minimum absolute atomic E-state index is 0.0344. The number of piperazine rings is 1. The monoisotopic (exact) mass is 669 g/mol. The van der Waals surface area contributed by atoms with Crippen molar-refractivity contribution in [1.82, 2.24) is 25.0 Å². The van der Waals surface area contributed by atoms with E-state index >= 15 is 0 Å². The maximum Gasteiger partial charge on any atom is 0.281 e. The Kier molecular flexibility index (Phi) is 6.88. The summed E-state index contributed by atoms with van der Waals surface area (Å²) in [5.74, 6) is -4.68. The van der Waals surface area contributed by atoms with E-state index in [1.54, 1.807) is 13.8 Å². The molecule has 0 bridgehead atoms. The number of nitrogens with one attached hydrogen (secondary N) is 2. The van der Waals surface area contributed by atoms with Gasteiger partial charge in [-0.1, -0.05) is 45.9 Å². The number of halogens is 1. The fourth-order valence-corrected chi connectivity index (χ4v) is 8.71.